The zero-order chi connectivity index (χ0) is 13.9. The monoisotopic (exact) mass is 277 g/mol. The second-order valence-electron chi connectivity index (χ2n) is 7.90. The van der Waals surface area contributed by atoms with Crippen LogP contribution in [0.15, 0.2) is 0 Å². The van der Waals surface area contributed by atoms with Crippen LogP contribution in [0.1, 0.15) is 85.0 Å². The normalized spacial score (nSPS) is 24.1. The van der Waals surface area contributed by atoms with Crippen molar-refractivity contribution in [1.82, 2.24) is 0 Å². The molecule has 0 saturated heterocycles. The van der Waals surface area contributed by atoms with E-state index >= 15 is 0 Å². The molecule has 0 aromatic carbocycles. The van der Waals surface area contributed by atoms with Crippen molar-refractivity contribution in [2.24, 2.45) is 0 Å². The molecule has 0 aromatic heterocycles. The summed E-state index contributed by atoms with van der Waals surface area (Å²) in [5.41, 5.74) is 4.61. The predicted octanol–water partition coefficient (Wildman–Crippen LogP) is 5.97. The molecule has 2 fully saturated rings. The van der Waals surface area contributed by atoms with E-state index in [9.17, 15) is 5.26 Å². The molecule has 108 valence electrons. The zero-order valence-electron chi connectivity index (χ0n) is 13.2. The molecule has 0 unspecified atom stereocenters. The SMILES string of the molecule is CC(C)(C)[Si](C#N)(C1CCCCC1)C1CCCCC1. The summed E-state index contributed by atoms with van der Waals surface area (Å²) in [5, 5.41) is 10.5. The van der Waals surface area contributed by atoms with Crippen LogP contribution in [0, 0.1) is 11.0 Å². The molecule has 0 amide bonds. The van der Waals surface area contributed by atoms with Crippen LogP contribution >= 0.6 is 0 Å². The van der Waals surface area contributed by atoms with Crippen LogP contribution < -0.4 is 0 Å². The molecule has 19 heavy (non-hydrogen) atoms. The van der Waals surface area contributed by atoms with E-state index < -0.39 is 8.07 Å². The third kappa shape index (κ3) is 2.77. The molecule has 2 aliphatic rings. The van der Waals surface area contributed by atoms with Crippen molar-refractivity contribution in [1.29, 1.82) is 5.26 Å². The topological polar surface area (TPSA) is 23.8 Å². The van der Waals surface area contributed by atoms with Gasteiger partial charge in [0.1, 0.15) is 0 Å². The summed E-state index contributed by atoms with van der Waals surface area (Å²) < 4.78 is 0. The minimum absolute atomic E-state index is 0.256. The Morgan fingerprint density at radius 2 is 1.16 bits per heavy atom. The first-order valence-electron chi connectivity index (χ1n) is 8.43. The molecule has 2 rings (SSSR count). The van der Waals surface area contributed by atoms with Crippen molar-refractivity contribution < 1.29 is 0 Å². The lowest BCUT2D eigenvalue weighted by Gasteiger charge is -2.50. The van der Waals surface area contributed by atoms with E-state index in [2.05, 4.69) is 26.5 Å². The fourth-order valence-electron chi connectivity index (χ4n) is 5.02. The van der Waals surface area contributed by atoms with Crippen molar-refractivity contribution >= 4 is 8.07 Å². The van der Waals surface area contributed by atoms with E-state index in [1.807, 2.05) is 0 Å². The maximum Gasteiger partial charge on any atom is 0.185 e. The minimum atomic E-state index is -1.86. The third-order valence-corrected chi connectivity index (χ3v) is 12.5. The molecular weight excluding hydrogens is 246 g/mol. The molecular formula is C17H31NSi. The Morgan fingerprint density at radius 3 is 1.42 bits per heavy atom. The second-order valence-corrected chi connectivity index (χ2v) is 13.0. The van der Waals surface area contributed by atoms with Gasteiger partial charge in [0.15, 0.2) is 8.07 Å². The third-order valence-electron chi connectivity index (χ3n) is 5.92. The summed E-state index contributed by atoms with van der Waals surface area (Å²) in [7, 11) is -1.86. The van der Waals surface area contributed by atoms with Crippen LogP contribution in [0.25, 0.3) is 0 Å². The van der Waals surface area contributed by atoms with Crippen LogP contribution in [0.2, 0.25) is 16.1 Å². The van der Waals surface area contributed by atoms with Crippen LogP contribution in [0.4, 0.5) is 0 Å². The second kappa shape index (κ2) is 6.00. The van der Waals surface area contributed by atoms with E-state index in [4.69, 9.17) is 0 Å². The molecule has 0 radical (unpaired) electrons. The molecule has 1 nitrogen and oxygen atoms in total. The maximum absolute atomic E-state index is 10.2. The molecule has 2 heteroatoms. The van der Waals surface area contributed by atoms with Crippen LogP contribution in [-0.2, 0) is 0 Å². The van der Waals surface area contributed by atoms with Gasteiger partial charge in [0.05, 0.1) is 0 Å². The molecule has 2 saturated carbocycles. The smallest absolute Gasteiger partial charge is 0.185 e. The van der Waals surface area contributed by atoms with Crippen LogP contribution in [0.5, 0.6) is 0 Å². The largest absolute Gasteiger partial charge is 0.207 e. The summed E-state index contributed by atoms with van der Waals surface area (Å²) in [6, 6.07) is 0. The lowest BCUT2D eigenvalue weighted by molar-refractivity contribution is 0.437. The number of hydrogen-bond donors (Lipinski definition) is 0. The first-order chi connectivity index (χ1) is 9.02. The van der Waals surface area contributed by atoms with Gasteiger partial charge in [0.2, 0.25) is 0 Å². The summed E-state index contributed by atoms with van der Waals surface area (Å²) in [5.74, 6) is 0. The minimum Gasteiger partial charge on any atom is -0.207 e. The van der Waals surface area contributed by atoms with Crippen LogP contribution in [-0.4, -0.2) is 8.07 Å². The summed E-state index contributed by atoms with van der Waals surface area (Å²) in [4.78, 5) is 0. The average Bonchev–Trinajstić information content (AvgIpc) is 2.41. The molecule has 0 atom stereocenters. The Kier molecular flexibility index (Phi) is 4.77. The number of nitriles is 1. The van der Waals surface area contributed by atoms with Gasteiger partial charge in [-0.15, -0.1) is 0 Å². The van der Waals surface area contributed by atoms with E-state index in [1.165, 1.54) is 64.2 Å². The van der Waals surface area contributed by atoms with E-state index in [-0.39, 0.29) is 5.04 Å². The highest BCUT2D eigenvalue weighted by Gasteiger charge is 2.56. The van der Waals surface area contributed by atoms with Crippen molar-refractivity contribution in [3.05, 3.63) is 0 Å². The molecule has 0 heterocycles. The van der Waals surface area contributed by atoms with Gasteiger partial charge < -0.3 is 0 Å². The predicted molar refractivity (Wildman–Crippen MR) is 84.8 cm³/mol. The number of hydrogen-bond acceptors (Lipinski definition) is 1. The summed E-state index contributed by atoms with van der Waals surface area (Å²) in [6.45, 7) is 7.14. The number of rotatable bonds is 2. The van der Waals surface area contributed by atoms with Gasteiger partial charge in [0.25, 0.3) is 0 Å². The lowest BCUT2D eigenvalue weighted by atomic mass is 9.99. The Labute approximate surface area is 120 Å². The van der Waals surface area contributed by atoms with Gasteiger partial charge in [0, 0.05) is 5.69 Å². The Morgan fingerprint density at radius 1 is 0.789 bits per heavy atom. The van der Waals surface area contributed by atoms with Crippen molar-refractivity contribution in [3.63, 3.8) is 0 Å². The molecule has 0 aliphatic heterocycles. The fourth-order valence-corrected chi connectivity index (χ4v) is 11.5. The highest BCUT2D eigenvalue weighted by molar-refractivity contribution is 6.91. The van der Waals surface area contributed by atoms with Crippen LogP contribution in [0.3, 0.4) is 0 Å². The highest BCUT2D eigenvalue weighted by Crippen LogP contribution is 2.57. The lowest BCUT2D eigenvalue weighted by Crippen LogP contribution is -2.52. The summed E-state index contributed by atoms with van der Waals surface area (Å²) in [6.07, 6.45) is 13.7. The first-order valence-corrected chi connectivity index (χ1v) is 10.6. The van der Waals surface area contributed by atoms with Crippen molar-refractivity contribution in [3.8, 4) is 5.69 Å². The average molecular weight is 278 g/mol. The molecule has 2 aliphatic carbocycles. The molecule has 0 N–H and O–H groups in total. The molecule has 0 bridgehead atoms. The first kappa shape index (κ1) is 15.1. The maximum atomic E-state index is 10.2. The van der Waals surface area contributed by atoms with Gasteiger partial charge in [-0.1, -0.05) is 85.0 Å². The fraction of sp³-hybridized carbons (Fsp3) is 0.941. The quantitative estimate of drug-likeness (QED) is 0.571. The highest BCUT2D eigenvalue weighted by atomic mass is 28.3. The van der Waals surface area contributed by atoms with E-state index in [0.717, 1.165) is 11.1 Å². The van der Waals surface area contributed by atoms with Gasteiger partial charge >= 0.3 is 0 Å². The van der Waals surface area contributed by atoms with Gasteiger partial charge in [-0.2, -0.15) is 0 Å². The van der Waals surface area contributed by atoms with E-state index in [0.29, 0.717) is 0 Å². The Bertz CT molecular complexity index is 306. The molecule has 0 spiro atoms. The molecule has 0 aromatic rings. The Balaban J connectivity index is 2.32. The van der Waals surface area contributed by atoms with Gasteiger partial charge in [-0.25, -0.2) is 5.26 Å². The zero-order valence-corrected chi connectivity index (χ0v) is 14.2. The number of nitrogens with zero attached hydrogens (tertiary/aromatic N) is 1. The van der Waals surface area contributed by atoms with E-state index in [1.54, 1.807) is 0 Å². The van der Waals surface area contributed by atoms with Crippen molar-refractivity contribution in [2.45, 2.75) is 101 Å². The van der Waals surface area contributed by atoms with Crippen molar-refractivity contribution in [2.75, 3.05) is 0 Å². The Hall–Kier alpha value is -0.293. The summed E-state index contributed by atoms with van der Waals surface area (Å²) >= 11 is 0. The van der Waals surface area contributed by atoms with Gasteiger partial charge in [-0.05, 0) is 16.1 Å². The van der Waals surface area contributed by atoms with Gasteiger partial charge in [-0.3, -0.25) is 0 Å². The standard InChI is InChI=1S/C17H31NSi/c1-17(2,3)19(14-18,15-10-6-4-7-11-15)16-12-8-5-9-13-16/h15-16H,4-13H2,1-3H3.